The van der Waals surface area contributed by atoms with E-state index in [1.54, 1.807) is 6.07 Å². The first-order valence-electron chi connectivity index (χ1n) is 4.54. The summed E-state index contributed by atoms with van der Waals surface area (Å²) >= 11 is 0. The van der Waals surface area contributed by atoms with E-state index in [1.807, 2.05) is 25.1 Å². The third-order valence-corrected chi connectivity index (χ3v) is 2.05. The van der Waals surface area contributed by atoms with Crippen LogP contribution in [0.5, 0.6) is 0 Å². The van der Waals surface area contributed by atoms with E-state index in [0.717, 1.165) is 17.6 Å². The number of nitrogens with zero attached hydrogens (tertiary/aromatic N) is 1. The van der Waals surface area contributed by atoms with Gasteiger partial charge >= 0.3 is 0 Å². The lowest BCUT2D eigenvalue weighted by molar-refractivity contribution is 0.715. The Morgan fingerprint density at radius 2 is 2.13 bits per heavy atom. The maximum absolute atomic E-state index is 8.87. The van der Waals surface area contributed by atoms with Crippen molar-refractivity contribution in [3.05, 3.63) is 47.5 Å². The second kappa shape index (κ2) is 6.23. The first-order valence-corrected chi connectivity index (χ1v) is 4.54. The maximum Gasteiger partial charge on any atom is 0.0995 e. The van der Waals surface area contributed by atoms with E-state index in [4.69, 9.17) is 11.0 Å². The Hall–Kier alpha value is -1.30. The highest BCUT2D eigenvalue weighted by Gasteiger charge is 2.09. The molecule has 0 heterocycles. The van der Waals surface area contributed by atoms with Crippen molar-refractivity contribution in [3.63, 3.8) is 0 Å². The molecule has 1 rings (SSSR count). The predicted octanol–water partition coefficient (Wildman–Crippen LogP) is 2.95. The van der Waals surface area contributed by atoms with E-state index < -0.39 is 0 Å². The monoisotopic (exact) mass is 222 g/mol. The van der Waals surface area contributed by atoms with Crippen LogP contribution in [-0.4, -0.2) is 0 Å². The van der Waals surface area contributed by atoms with E-state index in [1.165, 1.54) is 0 Å². The van der Waals surface area contributed by atoms with Crippen molar-refractivity contribution in [3.8, 4) is 6.07 Å². The molecule has 15 heavy (non-hydrogen) atoms. The fourth-order valence-corrected chi connectivity index (χ4v) is 1.41. The van der Waals surface area contributed by atoms with Crippen LogP contribution in [0.2, 0.25) is 0 Å². The van der Waals surface area contributed by atoms with Gasteiger partial charge in [0.05, 0.1) is 11.6 Å². The zero-order valence-electron chi connectivity index (χ0n) is 8.73. The summed E-state index contributed by atoms with van der Waals surface area (Å²) in [5.41, 5.74) is 8.55. The first-order chi connectivity index (χ1) is 6.65. The Labute approximate surface area is 96.8 Å². The third kappa shape index (κ3) is 3.75. The number of halogens is 1. The van der Waals surface area contributed by atoms with Gasteiger partial charge in [-0.05, 0) is 25.0 Å². The molecule has 0 amide bonds. The van der Waals surface area contributed by atoms with Gasteiger partial charge in [0, 0.05) is 6.04 Å². The van der Waals surface area contributed by atoms with Gasteiger partial charge in [0.15, 0.2) is 0 Å². The Balaban J connectivity index is 0.00000196. The molecule has 0 aliphatic heterocycles. The molecule has 0 unspecified atom stereocenters. The molecule has 80 valence electrons. The second-order valence-electron chi connectivity index (χ2n) is 3.47. The molecule has 1 atom stereocenters. The molecule has 0 aliphatic rings. The summed E-state index contributed by atoms with van der Waals surface area (Å²) in [6.07, 6.45) is 0.721. The van der Waals surface area contributed by atoms with Gasteiger partial charge in [-0.25, -0.2) is 0 Å². The second-order valence-corrected chi connectivity index (χ2v) is 3.47. The number of hydrogen-bond donors (Lipinski definition) is 1. The summed E-state index contributed by atoms with van der Waals surface area (Å²) in [7, 11) is 0. The largest absolute Gasteiger partial charge is 0.324 e. The molecule has 2 N–H and O–H groups in total. The fraction of sp³-hybridized carbons (Fsp3) is 0.250. The number of nitrogens with two attached hydrogens (primary N) is 1. The van der Waals surface area contributed by atoms with E-state index in [-0.39, 0.29) is 18.4 Å². The van der Waals surface area contributed by atoms with Crippen LogP contribution in [0.1, 0.15) is 30.5 Å². The molecule has 3 heteroatoms. The summed E-state index contributed by atoms with van der Waals surface area (Å²) < 4.78 is 0. The van der Waals surface area contributed by atoms with Crippen LogP contribution in [0, 0.1) is 11.3 Å². The number of hydrogen-bond acceptors (Lipinski definition) is 2. The lowest BCUT2D eigenvalue weighted by Crippen LogP contribution is -2.11. The standard InChI is InChI=1S/C12H14N2.ClH/c1-9(2)7-12(14)11-6-4-3-5-10(11)8-13;/h3-6,12H,1,7,14H2,2H3;1H/t12-;/m1./s1. The molecular formula is C12H15ClN2. The summed E-state index contributed by atoms with van der Waals surface area (Å²) in [5.74, 6) is 0. The molecule has 0 spiro atoms. The fourth-order valence-electron chi connectivity index (χ4n) is 1.41. The van der Waals surface area contributed by atoms with Crippen LogP contribution in [-0.2, 0) is 0 Å². The molecule has 0 saturated heterocycles. The van der Waals surface area contributed by atoms with Crippen molar-refractivity contribution in [1.82, 2.24) is 0 Å². The van der Waals surface area contributed by atoms with Crippen molar-refractivity contribution in [1.29, 1.82) is 5.26 Å². The van der Waals surface area contributed by atoms with Gasteiger partial charge in [0.2, 0.25) is 0 Å². The van der Waals surface area contributed by atoms with E-state index >= 15 is 0 Å². The van der Waals surface area contributed by atoms with E-state index in [9.17, 15) is 0 Å². The normalized spacial score (nSPS) is 11.0. The number of nitriles is 1. The van der Waals surface area contributed by atoms with Crippen molar-refractivity contribution < 1.29 is 0 Å². The minimum absolute atomic E-state index is 0. The van der Waals surface area contributed by atoms with Gasteiger partial charge in [-0.15, -0.1) is 19.0 Å². The molecule has 2 nitrogen and oxygen atoms in total. The smallest absolute Gasteiger partial charge is 0.0995 e. The minimum atomic E-state index is -0.122. The quantitative estimate of drug-likeness (QED) is 0.800. The van der Waals surface area contributed by atoms with Gasteiger partial charge in [-0.3, -0.25) is 0 Å². The van der Waals surface area contributed by atoms with Crippen molar-refractivity contribution in [2.75, 3.05) is 0 Å². The predicted molar refractivity (Wildman–Crippen MR) is 64.8 cm³/mol. The van der Waals surface area contributed by atoms with Gasteiger partial charge in [0.1, 0.15) is 0 Å². The molecular weight excluding hydrogens is 208 g/mol. The summed E-state index contributed by atoms with van der Waals surface area (Å²) in [4.78, 5) is 0. The topological polar surface area (TPSA) is 49.8 Å². The Bertz CT molecular complexity index is 379. The number of benzene rings is 1. The molecule has 0 radical (unpaired) electrons. The molecule has 1 aromatic rings. The molecule has 0 fully saturated rings. The van der Waals surface area contributed by atoms with Crippen LogP contribution in [0.25, 0.3) is 0 Å². The van der Waals surface area contributed by atoms with Crippen molar-refractivity contribution >= 4 is 12.4 Å². The van der Waals surface area contributed by atoms with Crippen LogP contribution in [0.3, 0.4) is 0 Å². The van der Waals surface area contributed by atoms with Crippen LogP contribution in [0.4, 0.5) is 0 Å². The van der Waals surface area contributed by atoms with Crippen LogP contribution < -0.4 is 5.73 Å². The highest BCUT2D eigenvalue weighted by molar-refractivity contribution is 5.85. The van der Waals surface area contributed by atoms with Crippen LogP contribution >= 0.6 is 12.4 Å². The van der Waals surface area contributed by atoms with E-state index in [0.29, 0.717) is 5.56 Å². The van der Waals surface area contributed by atoms with Gasteiger partial charge in [-0.2, -0.15) is 5.26 Å². The molecule has 1 aromatic carbocycles. The van der Waals surface area contributed by atoms with Gasteiger partial charge in [0.25, 0.3) is 0 Å². The lowest BCUT2D eigenvalue weighted by atomic mass is 9.97. The zero-order chi connectivity index (χ0) is 10.6. The molecule has 0 aromatic heterocycles. The highest BCUT2D eigenvalue weighted by atomic mass is 35.5. The Morgan fingerprint density at radius 3 is 2.67 bits per heavy atom. The Kier molecular flexibility index (Phi) is 5.69. The summed E-state index contributed by atoms with van der Waals surface area (Å²) in [6, 6.07) is 9.44. The number of rotatable bonds is 3. The highest BCUT2D eigenvalue weighted by Crippen LogP contribution is 2.20. The van der Waals surface area contributed by atoms with Crippen molar-refractivity contribution in [2.45, 2.75) is 19.4 Å². The minimum Gasteiger partial charge on any atom is -0.324 e. The first kappa shape index (κ1) is 13.7. The van der Waals surface area contributed by atoms with Crippen LogP contribution in [0.15, 0.2) is 36.4 Å². The summed E-state index contributed by atoms with van der Waals surface area (Å²) in [6.45, 7) is 5.75. The zero-order valence-corrected chi connectivity index (χ0v) is 9.55. The summed E-state index contributed by atoms with van der Waals surface area (Å²) in [5, 5.41) is 8.87. The maximum atomic E-state index is 8.87. The molecule has 0 saturated carbocycles. The lowest BCUT2D eigenvalue weighted by Gasteiger charge is -2.12. The average molecular weight is 223 g/mol. The Morgan fingerprint density at radius 1 is 1.53 bits per heavy atom. The molecule has 0 bridgehead atoms. The SMILES string of the molecule is C=C(C)C[C@@H](N)c1ccccc1C#N.Cl. The van der Waals surface area contributed by atoms with Gasteiger partial charge in [-0.1, -0.05) is 23.8 Å². The average Bonchev–Trinajstić information content (AvgIpc) is 2.16. The van der Waals surface area contributed by atoms with E-state index in [2.05, 4.69) is 12.6 Å². The third-order valence-electron chi connectivity index (χ3n) is 2.05. The van der Waals surface area contributed by atoms with Crippen molar-refractivity contribution in [2.24, 2.45) is 5.73 Å². The van der Waals surface area contributed by atoms with Gasteiger partial charge < -0.3 is 5.73 Å². The molecule has 0 aliphatic carbocycles.